The number of pyridine rings is 1. The number of halogens is 1. The molecule has 0 saturated carbocycles. The van der Waals surface area contributed by atoms with Crippen LogP contribution in [0, 0.1) is 5.82 Å². The van der Waals surface area contributed by atoms with Crippen LogP contribution in [0.1, 0.15) is 42.3 Å². The lowest BCUT2D eigenvalue weighted by atomic mass is 9.84. The number of aromatic amines is 1. The molecule has 1 radical (unpaired) electrons. The molecule has 1 heterocycles. The molecule has 0 aliphatic rings. The van der Waals surface area contributed by atoms with Crippen molar-refractivity contribution in [3.05, 3.63) is 69.3 Å². The summed E-state index contributed by atoms with van der Waals surface area (Å²) in [5, 5.41) is 9.14. The van der Waals surface area contributed by atoms with Crippen LogP contribution in [-0.4, -0.2) is 25.1 Å². The van der Waals surface area contributed by atoms with Crippen molar-refractivity contribution in [1.82, 2.24) is 4.98 Å². The third-order valence-corrected chi connectivity index (χ3v) is 5.70. The molecule has 0 fully saturated rings. The van der Waals surface area contributed by atoms with Gasteiger partial charge in [0.15, 0.2) is 0 Å². The first kappa shape index (κ1) is 21.9. The molecule has 0 spiro atoms. The molecule has 3 aromatic rings. The van der Waals surface area contributed by atoms with Crippen LogP contribution in [0.25, 0.3) is 22.0 Å². The van der Waals surface area contributed by atoms with Gasteiger partial charge in [-0.3, -0.25) is 4.79 Å². The maximum atomic E-state index is 15.1. The predicted octanol–water partition coefficient (Wildman–Crippen LogP) is 5.10. The van der Waals surface area contributed by atoms with Crippen molar-refractivity contribution in [3.63, 3.8) is 0 Å². The lowest BCUT2D eigenvalue weighted by molar-refractivity contribution is 0.0695. The summed E-state index contributed by atoms with van der Waals surface area (Å²) in [4.78, 5) is 26.4. The van der Waals surface area contributed by atoms with E-state index < -0.39 is 31.8 Å². The second-order valence-corrected chi connectivity index (χ2v) is 10.6. The van der Waals surface area contributed by atoms with Gasteiger partial charge < -0.3 is 14.5 Å². The zero-order valence-electron chi connectivity index (χ0n) is 17.7. The van der Waals surface area contributed by atoms with Gasteiger partial charge in [0, 0.05) is 17.1 Å². The van der Waals surface area contributed by atoms with Gasteiger partial charge in [-0.25, -0.2) is 9.18 Å². The molecule has 0 aliphatic carbocycles. The van der Waals surface area contributed by atoms with Crippen molar-refractivity contribution in [3.8, 4) is 11.1 Å². The van der Waals surface area contributed by atoms with Gasteiger partial charge in [-0.1, -0.05) is 39.0 Å². The summed E-state index contributed by atoms with van der Waals surface area (Å²) in [7, 11) is -0.937. The van der Waals surface area contributed by atoms with Gasteiger partial charge >= 0.3 is 5.97 Å². The molecule has 1 aromatic heterocycles. The van der Waals surface area contributed by atoms with Crippen molar-refractivity contribution in [2.75, 3.05) is 0 Å². The number of hydrogen-bond acceptors (Lipinski definition) is 3. The van der Waals surface area contributed by atoms with E-state index in [1.165, 1.54) is 0 Å². The zero-order chi connectivity index (χ0) is 22.2. The Balaban J connectivity index is 2.20. The van der Waals surface area contributed by atoms with E-state index in [0.717, 1.165) is 23.4 Å². The van der Waals surface area contributed by atoms with Crippen LogP contribution in [0.3, 0.4) is 0 Å². The van der Waals surface area contributed by atoms with Crippen LogP contribution in [0.2, 0.25) is 13.1 Å². The quantitative estimate of drug-likeness (QED) is 0.557. The molecule has 3 rings (SSSR count). The molecule has 0 aliphatic heterocycles. The summed E-state index contributed by atoms with van der Waals surface area (Å²) in [6.07, 6.45) is 1.14. The average Bonchev–Trinajstić information content (AvgIpc) is 2.65. The molecule has 157 valence electrons. The fraction of sp³-hybridized carbons (Fsp3) is 0.304. The number of carboxylic acids is 1. The number of nitrogens with one attached hydrogen (secondary N) is 1. The maximum absolute atomic E-state index is 15.1. The summed E-state index contributed by atoms with van der Waals surface area (Å²) in [5.41, 5.74) is 2.19. The van der Waals surface area contributed by atoms with E-state index in [2.05, 4.69) is 25.8 Å². The lowest BCUT2D eigenvalue weighted by Crippen LogP contribution is -2.15. The van der Waals surface area contributed by atoms with Gasteiger partial charge in [0.2, 0.25) is 14.5 Å². The fourth-order valence-electron chi connectivity index (χ4n) is 3.27. The number of hydrogen-bond donors (Lipinski definition) is 2. The highest BCUT2D eigenvalue weighted by molar-refractivity contribution is 6.48. The van der Waals surface area contributed by atoms with E-state index >= 15 is 4.39 Å². The fourth-order valence-corrected chi connectivity index (χ4v) is 3.72. The number of fused-ring (bicyclic) bond motifs is 1. The summed E-state index contributed by atoms with van der Waals surface area (Å²) >= 11 is 0. The highest BCUT2D eigenvalue weighted by Gasteiger charge is 2.20. The number of carboxylic acid groups (broad SMARTS) is 1. The van der Waals surface area contributed by atoms with E-state index in [4.69, 9.17) is 9.53 Å². The van der Waals surface area contributed by atoms with Crippen molar-refractivity contribution < 1.29 is 18.7 Å². The minimum Gasteiger partial charge on any atom is -0.477 e. The number of rotatable bonds is 5. The Morgan fingerprint density at radius 1 is 1.17 bits per heavy atom. The maximum Gasteiger partial charge on any atom is 0.341 e. The monoisotopic (exact) mass is 426 g/mol. The van der Waals surface area contributed by atoms with Gasteiger partial charge in [0.1, 0.15) is 11.4 Å². The zero-order valence-corrected chi connectivity index (χ0v) is 18.7. The van der Waals surface area contributed by atoms with Crippen LogP contribution >= 0.6 is 0 Å². The minimum absolute atomic E-state index is 0.00729. The molecule has 2 N–H and O–H groups in total. The summed E-state index contributed by atoms with van der Waals surface area (Å²) in [5.74, 6) is -1.93. The Bertz CT molecular complexity index is 1180. The number of aromatic nitrogens is 1. The molecule has 0 unspecified atom stereocenters. The lowest BCUT2D eigenvalue weighted by Gasteiger charge is -2.22. The highest BCUT2D eigenvalue weighted by atomic mass is 28.3. The van der Waals surface area contributed by atoms with Crippen molar-refractivity contribution in [2.45, 2.75) is 45.9 Å². The van der Waals surface area contributed by atoms with E-state index in [1.807, 2.05) is 31.3 Å². The third kappa shape index (κ3) is 4.37. The predicted molar refractivity (Wildman–Crippen MR) is 118 cm³/mol. The van der Waals surface area contributed by atoms with Gasteiger partial charge in [-0.15, -0.1) is 0 Å². The van der Waals surface area contributed by atoms with E-state index in [1.54, 1.807) is 6.07 Å². The van der Waals surface area contributed by atoms with Gasteiger partial charge in [0.25, 0.3) is 0 Å². The molecular weight excluding hydrogens is 401 g/mol. The van der Waals surface area contributed by atoms with Gasteiger partial charge in [0.05, 0.1) is 12.1 Å². The molecule has 0 saturated heterocycles. The Hall–Kier alpha value is -2.77. The molecule has 0 atom stereocenters. The van der Waals surface area contributed by atoms with Crippen molar-refractivity contribution in [2.24, 2.45) is 0 Å². The summed E-state index contributed by atoms with van der Waals surface area (Å²) in [6, 6.07) is 8.55. The Kier molecular flexibility index (Phi) is 5.96. The number of aromatic carboxylic acids is 1. The standard InChI is InChI=1S/C23H25FNO4Si/c1-23(2,3)14-6-7-15(13(8-14)12-29-30(4)5)16-10-20-17(9-19(16)24)21(26)18(11-25-20)22(27)28/h6-11H,12H2,1-5H3,(H,25,26)(H,27,28). The van der Waals surface area contributed by atoms with Crippen LogP contribution in [0.5, 0.6) is 0 Å². The SMILES string of the molecule is C[Si](C)OCc1cc(C(C)(C)C)ccc1-c1cc2[nH]cc(C(=O)O)c(=O)c2cc1F. The largest absolute Gasteiger partial charge is 0.477 e. The van der Waals surface area contributed by atoms with Crippen LogP contribution in [0.4, 0.5) is 4.39 Å². The minimum atomic E-state index is -1.35. The molecule has 0 bridgehead atoms. The number of H-pyrrole nitrogens is 1. The van der Waals surface area contributed by atoms with Crippen LogP contribution < -0.4 is 5.43 Å². The highest BCUT2D eigenvalue weighted by Crippen LogP contribution is 2.33. The third-order valence-electron chi connectivity index (χ3n) is 4.98. The molecule has 7 heteroatoms. The molecule has 5 nitrogen and oxygen atoms in total. The summed E-state index contributed by atoms with van der Waals surface area (Å²) in [6.45, 7) is 10.8. The number of benzene rings is 2. The molecular formula is C23H25FNO4Si. The Morgan fingerprint density at radius 3 is 2.47 bits per heavy atom. The first-order chi connectivity index (χ1) is 14.0. The molecule has 2 aromatic carbocycles. The second-order valence-electron chi connectivity index (χ2n) is 8.53. The topological polar surface area (TPSA) is 79.4 Å². The average molecular weight is 427 g/mol. The second kappa shape index (κ2) is 8.16. The van der Waals surface area contributed by atoms with Crippen LogP contribution in [0.15, 0.2) is 41.3 Å². The van der Waals surface area contributed by atoms with Crippen molar-refractivity contribution >= 4 is 25.9 Å². The van der Waals surface area contributed by atoms with Gasteiger partial charge in [-0.05, 0) is 47.3 Å². The van der Waals surface area contributed by atoms with Gasteiger partial charge in [-0.2, -0.15) is 0 Å². The number of carbonyl (C=O) groups is 1. The smallest absolute Gasteiger partial charge is 0.341 e. The van der Waals surface area contributed by atoms with E-state index in [-0.39, 0.29) is 10.8 Å². The normalized spacial score (nSPS) is 12.0. The van der Waals surface area contributed by atoms with Crippen molar-refractivity contribution in [1.29, 1.82) is 0 Å². The molecule has 0 amide bonds. The first-order valence-electron chi connectivity index (χ1n) is 9.64. The van der Waals surface area contributed by atoms with E-state index in [9.17, 15) is 9.59 Å². The Morgan fingerprint density at radius 2 is 1.87 bits per heavy atom. The molecule has 30 heavy (non-hydrogen) atoms. The van der Waals surface area contributed by atoms with E-state index in [0.29, 0.717) is 23.3 Å². The first-order valence-corrected chi connectivity index (χ1v) is 12.0. The Labute approximate surface area is 176 Å². The summed E-state index contributed by atoms with van der Waals surface area (Å²) < 4.78 is 21.0. The van der Waals surface area contributed by atoms with Crippen LogP contribution in [-0.2, 0) is 16.4 Å².